The van der Waals surface area contributed by atoms with Gasteiger partial charge in [-0.2, -0.15) is 4.99 Å². The van der Waals surface area contributed by atoms with Gasteiger partial charge in [0.2, 0.25) is 0 Å². The maximum Gasteiger partial charge on any atom is 0.341 e. The standard InChI is InChI=1S/C29H30N4O7/c1-5-39-29(36)23-15-22-25(30-24-17(2)8-6-10-32(24)28(22)35)33(16-19-9-7-11-40-19)26(23)31-27(34)18-12-20(37-3)14-21(13-18)38-4/h6,8,10,12-15,19H,5,7,9,11,16H2,1-4H3/t19-/m0/s1. The molecule has 1 amide bonds. The van der Waals surface area contributed by atoms with Crippen LogP contribution in [0.25, 0.3) is 16.7 Å². The second kappa shape index (κ2) is 11.3. The predicted octanol–water partition coefficient (Wildman–Crippen LogP) is 3.07. The zero-order valence-corrected chi connectivity index (χ0v) is 22.8. The molecule has 4 aromatic rings. The number of aryl methyl sites for hydroxylation is 1. The number of benzene rings is 1. The Balaban J connectivity index is 1.86. The SMILES string of the molecule is CCOC(=O)c1cc2c(=O)n3cccc(C)c3nc2n(C[C@@H]2CCCO2)c1=NC(=O)c1cc(OC)cc(OC)c1. The first-order chi connectivity index (χ1) is 19.3. The first kappa shape index (κ1) is 27.1. The normalized spacial score (nSPS) is 15.5. The molecule has 40 heavy (non-hydrogen) atoms. The fraction of sp³-hybridized carbons (Fsp3) is 0.345. The average Bonchev–Trinajstić information content (AvgIpc) is 3.48. The van der Waals surface area contributed by atoms with Gasteiger partial charge >= 0.3 is 5.97 Å². The van der Waals surface area contributed by atoms with Crippen LogP contribution in [0, 0.1) is 6.92 Å². The fourth-order valence-corrected chi connectivity index (χ4v) is 4.82. The average molecular weight is 547 g/mol. The minimum Gasteiger partial charge on any atom is -0.497 e. The van der Waals surface area contributed by atoms with Gasteiger partial charge in [-0.05, 0) is 56.5 Å². The minimum absolute atomic E-state index is 0.0259. The van der Waals surface area contributed by atoms with Crippen molar-refractivity contribution >= 4 is 28.6 Å². The summed E-state index contributed by atoms with van der Waals surface area (Å²) in [6.07, 6.45) is 3.05. The van der Waals surface area contributed by atoms with E-state index in [0.29, 0.717) is 23.8 Å². The molecule has 1 fully saturated rings. The minimum atomic E-state index is -0.714. The highest BCUT2D eigenvalue weighted by Gasteiger charge is 2.24. The summed E-state index contributed by atoms with van der Waals surface area (Å²) in [6.45, 7) is 4.45. The van der Waals surface area contributed by atoms with Gasteiger partial charge in [0, 0.05) is 24.4 Å². The molecule has 11 heteroatoms. The summed E-state index contributed by atoms with van der Waals surface area (Å²) in [5, 5.41) is 0.193. The van der Waals surface area contributed by atoms with Crippen LogP contribution in [0.5, 0.6) is 11.5 Å². The van der Waals surface area contributed by atoms with E-state index in [1.165, 1.54) is 36.8 Å². The van der Waals surface area contributed by atoms with Crippen molar-refractivity contribution in [3.63, 3.8) is 0 Å². The zero-order valence-electron chi connectivity index (χ0n) is 22.8. The number of ether oxygens (including phenoxy) is 4. The highest BCUT2D eigenvalue weighted by atomic mass is 16.5. The van der Waals surface area contributed by atoms with Gasteiger partial charge in [-0.1, -0.05) is 6.07 Å². The van der Waals surface area contributed by atoms with E-state index in [2.05, 4.69) is 4.99 Å². The van der Waals surface area contributed by atoms with Crippen LogP contribution in [-0.4, -0.2) is 59.4 Å². The number of carbonyl (C=O) groups excluding carboxylic acids is 2. The monoisotopic (exact) mass is 546 g/mol. The molecule has 1 aliphatic rings. The molecule has 0 spiro atoms. The van der Waals surface area contributed by atoms with Crippen molar-refractivity contribution in [3.05, 3.63) is 75.1 Å². The Morgan fingerprint density at radius 3 is 2.52 bits per heavy atom. The molecule has 0 bridgehead atoms. The number of methoxy groups -OCH3 is 2. The number of amides is 1. The van der Waals surface area contributed by atoms with Crippen molar-refractivity contribution in [2.75, 3.05) is 27.4 Å². The molecule has 1 atom stereocenters. The lowest BCUT2D eigenvalue weighted by atomic mass is 10.1. The van der Waals surface area contributed by atoms with E-state index in [-0.39, 0.29) is 52.5 Å². The van der Waals surface area contributed by atoms with Crippen molar-refractivity contribution in [1.82, 2.24) is 14.0 Å². The Morgan fingerprint density at radius 1 is 1.12 bits per heavy atom. The number of hydrogen-bond acceptors (Lipinski definition) is 8. The van der Waals surface area contributed by atoms with Crippen LogP contribution in [0.15, 0.2) is 52.4 Å². The van der Waals surface area contributed by atoms with Gasteiger partial charge in [0.1, 0.15) is 28.4 Å². The summed E-state index contributed by atoms with van der Waals surface area (Å²) >= 11 is 0. The molecule has 1 aromatic carbocycles. The Bertz CT molecular complexity index is 1730. The summed E-state index contributed by atoms with van der Waals surface area (Å²) in [4.78, 5) is 49.7. The number of hydrogen-bond donors (Lipinski definition) is 0. The lowest BCUT2D eigenvalue weighted by Gasteiger charge is -2.18. The number of carbonyl (C=O) groups is 2. The van der Waals surface area contributed by atoms with E-state index in [0.717, 1.165) is 18.4 Å². The maximum atomic E-state index is 13.7. The lowest BCUT2D eigenvalue weighted by Crippen LogP contribution is -2.35. The van der Waals surface area contributed by atoms with Crippen molar-refractivity contribution in [3.8, 4) is 11.5 Å². The van der Waals surface area contributed by atoms with Gasteiger partial charge in [0.25, 0.3) is 11.5 Å². The van der Waals surface area contributed by atoms with E-state index in [9.17, 15) is 14.4 Å². The molecule has 0 N–H and O–H groups in total. The van der Waals surface area contributed by atoms with E-state index in [1.807, 2.05) is 13.0 Å². The van der Waals surface area contributed by atoms with Crippen molar-refractivity contribution in [2.45, 2.75) is 39.3 Å². The molecule has 1 saturated heterocycles. The summed E-state index contributed by atoms with van der Waals surface area (Å²) < 4.78 is 24.9. The van der Waals surface area contributed by atoms with Gasteiger partial charge in [-0.15, -0.1) is 0 Å². The smallest absolute Gasteiger partial charge is 0.341 e. The quantitative estimate of drug-likeness (QED) is 0.256. The molecule has 0 saturated carbocycles. The van der Waals surface area contributed by atoms with Gasteiger partial charge in [0.05, 0.1) is 38.9 Å². The van der Waals surface area contributed by atoms with Crippen LogP contribution in [-0.2, 0) is 16.0 Å². The van der Waals surface area contributed by atoms with Crippen molar-refractivity contribution < 1.29 is 28.5 Å². The summed E-state index contributed by atoms with van der Waals surface area (Å²) in [7, 11) is 2.96. The van der Waals surface area contributed by atoms with Crippen LogP contribution in [0.1, 0.15) is 46.0 Å². The molecular weight excluding hydrogens is 516 g/mol. The molecule has 11 nitrogen and oxygen atoms in total. The highest BCUT2D eigenvalue weighted by Crippen LogP contribution is 2.23. The van der Waals surface area contributed by atoms with Gasteiger partial charge in [0.15, 0.2) is 5.49 Å². The van der Waals surface area contributed by atoms with Crippen LogP contribution in [0.2, 0.25) is 0 Å². The second-order valence-electron chi connectivity index (χ2n) is 9.41. The highest BCUT2D eigenvalue weighted by molar-refractivity contribution is 5.97. The van der Waals surface area contributed by atoms with E-state index in [4.69, 9.17) is 23.9 Å². The maximum absolute atomic E-state index is 13.7. The largest absolute Gasteiger partial charge is 0.497 e. The molecule has 0 unspecified atom stereocenters. The lowest BCUT2D eigenvalue weighted by molar-refractivity contribution is 0.0521. The Morgan fingerprint density at radius 2 is 1.88 bits per heavy atom. The Labute approximate surface area is 229 Å². The Kier molecular flexibility index (Phi) is 7.65. The first-order valence-corrected chi connectivity index (χ1v) is 13.0. The summed E-state index contributed by atoms with van der Waals surface area (Å²) in [6, 6.07) is 9.72. The third-order valence-electron chi connectivity index (χ3n) is 6.82. The third kappa shape index (κ3) is 5.07. The molecule has 5 rings (SSSR count). The first-order valence-electron chi connectivity index (χ1n) is 13.0. The van der Waals surface area contributed by atoms with Gasteiger partial charge < -0.3 is 23.5 Å². The number of aromatic nitrogens is 3. The van der Waals surface area contributed by atoms with E-state index < -0.39 is 11.9 Å². The predicted molar refractivity (Wildman–Crippen MR) is 146 cm³/mol. The van der Waals surface area contributed by atoms with Gasteiger partial charge in [-0.25, -0.2) is 9.78 Å². The number of esters is 1. The molecule has 0 aliphatic carbocycles. The van der Waals surface area contributed by atoms with Crippen LogP contribution >= 0.6 is 0 Å². The Hall–Kier alpha value is -4.51. The number of rotatable bonds is 7. The number of pyridine rings is 2. The second-order valence-corrected chi connectivity index (χ2v) is 9.41. The fourth-order valence-electron chi connectivity index (χ4n) is 4.82. The number of fused-ring (bicyclic) bond motifs is 2. The van der Waals surface area contributed by atoms with Crippen molar-refractivity contribution in [2.24, 2.45) is 4.99 Å². The molecule has 208 valence electrons. The molecule has 4 heterocycles. The zero-order chi connectivity index (χ0) is 28.4. The summed E-state index contributed by atoms with van der Waals surface area (Å²) in [5.41, 5.74) is 1.37. The van der Waals surface area contributed by atoms with E-state index >= 15 is 0 Å². The molecule has 0 radical (unpaired) electrons. The van der Waals surface area contributed by atoms with Crippen LogP contribution < -0.4 is 20.5 Å². The van der Waals surface area contributed by atoms with Gasteiger partial charge in [-0.3, -0.25) is 14.0 Å². The topological polar surface area (TPSA) is 123 Å². The van der Waals surface area contributed by atoms with Crippen molar-refractivity contribution in [1.29, 1.82) is 0 Å². The van der Waals surface area contributed by atoms with E-state index in [1.54, 1.807) is 29.8 Å². The summed E-state index contributed by atoms with van der Waals surface area (Å²) in [5.74, 6) is -0.539. The van der Waals surface area contributed by atoms with Crippen LogP contribution in [0.3, 0.4) is 0 Å². The molecule has 1 aliphatic heterocycles. The number of nitrogens with zero attached hydrogens (tertiary/aromatic N) is 4. The molecule has 3 aromatic heterocycles. The third-order valence-corrected chi connectivity index (χ3v) is 6.82. The molecular formula is C29H30N4O7. The van der Waals surface area contributed by atoms with Crippen LogP contribution in [0.4, 0.5) is 0 Å².